The first-order chi connectivity index (χ1) is 15.7. The molecule has 1 heterocycles. The third-order valence-electron chi connectivity index (χ3n) is 5.87. The number of aromatic hydroxyl groups is 1. The molecule has 0 spiro atoms. The lowest BCUT2D eigenvalue weighted by Crippen LogP contribution is -2.35. The third kappa shape index (κ3) is 4.03. The van der Waals surface area contributed by atoms with Gasteiger partial charge in [0.25, 0.3) is 5.56 Å². The van der Waals surface area contributed by atoms with Crippen LogP contribution < -0.4 is 5.56 Å². The number of allylic oxidation sites excluding steroid dienone is 2. The number of rotatable bonds is 5. The van der Waals surface area contributed by atoms with Crippen molar-refractivity contribution in [3.8, 4) is 11.4 Å². The number of nitrogens with one attached hydrogen (secondary N) is 1. The summed E-state index contributed by atoms with van der Waals surface area (Å²) in [6.45, 7) is 5.63. The first-order valence-corrected chi connectivity index (χ1v) is 10.4. The molecular formula is C25H24N4O4. The van der Waals surface area contributed by atoms with E-state index in [1.165, 1.54) is 16.8 Å². The van der Waals surface area contributed by atoms with Crippen LogP contribution in [0.1, 0.15) is 28.8 Å². The predicted octanol–water partition coefficient (Wildman–Crippen LogP) is 4.75. The van der Waals surface area contributed by atoms with Crippen LogP contribution in [-0.2, 0) is 4.79 Å². The topological polar surface area (TPSA) is 120 Å². The Morgan fingerprint density at radius 3 is 2.58 bits per heavy atom. The largest absolute Gasteiger partial charge is 0.507 e. The monoisotopic (exact) mass is 444 g/mol. The molecule has 0 radical (unpaired) electrons. The summed E-state index contributed by atoms with van der Waals surface area (Å²) < 4.78 is 1.37. The van der Waals surface area contributed by atoms with Crippen molar-refractivity contribution in [3.63, 3.8) is 0 Å². The van der Waals surface area contributed by atoms with Crippen LogP contribution in [0.2, 0.25) is 0 Å². The van der Waals surface area contributed by atoms with Crippen molar-refractivity contribution < 1.29 is 15.0 Å². The summed E-state index contributed by atoms with van der Waals surface area (Å²) >= 11 is 0. The Balaban J connectivity index is 1.71. The zero-order valence-corrected chi connectivity index (χ0v) is 18.5. The van der Waals surface area contributed by atoms with Crippen LogP contribution in [0, 0.1) is 20.8 Å². The number of nitrogens with zero attached hydrogens (tertiary/aromatic N) is 3. The molecule has 0 amide bonds. The minimum absolute atomic E-state index is 0.0191. The van der Waals surface area contributed by atoms with Gasteiger partial charge in [0.2, 0.25) is 5.54 Å². The van der Waals surface area contributed by atoms with E-state index in [0.717, 1.165) is 11.1 Å². The number of carbonyl (C=O) groups is 1. The number of aromatic amines is 1. The van der Waals surface area contributed by atoms with Gasteiger partial charge in [0, 0.05) is 12.0 Å². The molecule has 0 aliphatic heterocycles. The van der Waals surface area contributed by atoms with Crippen LogP contribution >= 0.6 is 0 Å². The van der Waals surface area contributed by atoms with Gasteiger partial charge >= 0.3 is 5.97 Å². The van der Waals surface area contributed by atoms with Gasteiger partial charge in [0.05, 0.1) is 11.4 Å². The maximum atomic E-state index is 13.0. The molecule has 3 aromatic rings. The minimum atomic E-state index is -1.70. The molecule has 33 heavy (non-hydrogen) atoms. The Labute approximate surface area is 190 Å². The van der Waals surface area contributed by atoms with Crippen molar-refractivity contribution >= 4 is 17.2 Å². The number of azo groups is 1. The van der Waals surface area contributed by atoms with Crippen LogP contribution in [0.3, 0.4) is 0 Å². The molecule has 4 rings (SSSR count). The Hall–Kier alpha value is -4.20. The second-order valence-corrected chi connectivity index (χ2v) is 8.17. The number of benzene rings is 2. The number of H-pyrrole nitrogens is 1. The van der Waals surface area contributed by atoms with E-state index in [4.69, 9.17) is 0 Å². The average molecular weight is 444 g/mol. The van der Waals surface area contributed by atoms with E-state index in [1.807, 2.05) is 32.0 Å². The Morgan fingerprint density at radius 2 is 1.88 bits per heavy atom. The molecule has 0 bridgehead atoms. The quantitative estimate of drug-likeness (QED) is 0.492. The number of para-hydroxylation sites is 1. The number of aryl methyl sites for hydroxylation is 3. The van der Waals surface area contributed by atoms with E-state index in [0.29, 0.717) is 22.5 Å². The fraction of sp³-hybridized carbons (Fsp3) is 0.200. The molecular weight excluding hydrogens is 420 g/mol. The summed E-state index contributed by atoms with van der Waals surface area (Å²) in [7, 11) is 0. The molecule has 0 saturated heterocycles. The fourth-order valence-electron chi connectivity index (χ4n) is 3.76. The lowest BCUT2D eigenvalue weighted by Gasteiger charge is -2.24. The van der Waals surface area contributed by atoms with Gasteiger partial charge in [-0.05, 0) is 61.7 Å². The molecule has 2 aromatic carbocycles. The molecule has 1 aliphatic rings. The Bertz CT molecular complexity index is 1390. The van der Waals surface area contributed by atoms with Gasteiger partial charge in [-0.2, -0.15) is 5.11 Å². The van der Waals surface area contributed by atoms with Gasteiger partial charge in [-0.3, -0.25) is 9.89 Å². The number of aromatic nitrogens is 2. The van der Waals surface area contributed by atoms with E-state index < -0.39 is 17.1 Å². The smallest absolute Gasteiger partial charge is 0.337 e. The standard InChI is InChI=1S/C25H24N4O4/c1-15-10-11-19(13-16(15)2)29-23(31)22(17(3)27-29)26-28-25(24(32)33)12-6-7-18(14-25)20-8-4-5-9-21(20)30/h4-13,27,30H,14H2,1-3H3,(H,32,33). The van der Waals surface area contributed by atoms with Gasteiger partial charge in [-0.25, -0.2) is 9.48 Å². The van der Waals surface area contributed by atoms with Crippen LogP contribution in [-0.4, -0.2) is 31.5 Å². The number of phenols is 1. The summed E-state index contributed by atoms with van der Waals surface area (Å²) in [5.74, 6) is -1.15. The first kappa shape index (κ1) is 22.0. The molecule has 1 unspecified atom stereocenters. The maximum Gasteiger partial charge on any atom is 0.337 e. The van der Waals surface area contributed by atoms with Crippen molar-refractivity contribution in [1.29, 1.82) is 0 Å². The summed E-state index contributed by atoms with van der Waals surface area (Å²) in [5.41, 5.74) is 2.33. The van der Waals surface area contributed by atoms with Crippen LogP contribution in [0.15, 0.2) is 75.7 Å². The van der Waals surface area contributed by atoms with Gasteiger partial charge in [0.1, 0.15) is 5.75 Å². The lowest BCUT2D eigenvalue weighted by molar-refractivity contribution is -0.141. The normalized spacial score (nSPS) is 18.0. The average Bonchev–Trinajstić information content (AvgIpc) is 3.08. The SMILES string of the molecule is Cc1ccc(-n2[nH]c(C)c(N=NC3(C(=O)O)C=CC=C(c4ccccc4O)C3)c2=O)cc1C. The van der Waals surface area contributed by atoms with Crippen molar-refractivity contribution in [2.24, 2.45) is 10.2 Å². The van der Waals surface area contributed by atoms with Crippen molar-refractivity contribution in [2.45, 2.75) is 32.7 Å². The molecule has 3 N–H and O–H groups in total. The third-order valence-corrected chi connectivity index (χ3v) is 5.87. The summed E-state index contributed by atoms with van der Waals surface area (Å²) in [6, 6.07) is 12.3. The van der Waals surface area contributed by atoms with E-state index in [9.17, 15) is 19.8 Å². The predicted molar refractivity (Wildman–Crippen MR) is 125 cm³/mol. The zero-order valence-electron chi connectivity index (χ0n) is 18.5. The highest BCUT2D eigenvalue weighted by atomic mass is 16.4. The molecule has 8 heteroatoms. The fourth-order valence-corrected chi connectivity index (χ4v) is 3.76. The van der Waals surface area contributed by atoms with E-state index in [2.05, 4.69) is 15.3 Å². The Morgan fingerprint density at radius 1 is 1.12 bits per heavy atom. The van der Waals surface area contributed by atoms with E-state index in [1.54, 1.807) is 37.3 Å². The van der Waals surface area contributed by atoms with Gasteiger partial charge in [-0.1, -0.05) is 36.4 Å². The molecule has 1 aromatic heterocycles. The van der Waals surface area contributed by atoms with Crippen molar-refractivity contribution in [2.75, 3.05) is 0 Å². The van der Waals surface area contributed by atoms with Gasteiger partial charge < -0.3 is 10.2 Å². The Kier molecular flexibility index (Phi) is 5.59. The van der Waals surface area contributed by atoms with Gasteiger partial charge in [0.15, 0.2) is 5.69 Å². The number of hydrogen-bond acceptors (Lipinski definition) is 5. The maximum absolute atomic E-state index is 13.0. The first-order valence-electron chi connectivity index (χ1n) is 10.4. The summed E-state index contributed by atoms with van der Waals surface area (Å²) in [5, 5.41) is 31.4. The van der Waals surface area contributed by atoms with Crippen molar-refractivity contribution in [1.82, 2.24) is 9.78 Å². The van der Waals surface area contributed by atoms with Crippen LogP contribution in [0.5, 0.6) is 5.75 Å². The summed E-state index contributed by atoms with van der Waals surface area (Å²) in [4.78, 5) is 25.3. The highest BCUT2D eigenvalue weighted by Crippen LogP contribution is 2.37. The lowest BCUT2D eigenvalue weighted by atomic mass is 9.84. The molecule has 0 fully saturated rings. The van der Waals surface area contributed by atoms with Crippen LogP contribution in [0.25, 0.3) is 11.3 Å². The summed E-state index contributed by atoms with van der Waals surface area (Å²) in [6.07, 6.45) is 4.73. The number of aliphatic carboxylic acids is 1. The van der Waals surface area contributed by atoms with Gasteiger partial charge in [-0.15, -0.1) is 5.11 Å². The highest BCUT2D eigenvalue weighted by Gasteiger charge is 2.39. The molecule has 1 aliphatic carbocycles. The highest BCUT2D eigenvalue weighted by molar-refractivity contribution is 5.88. The van der Waals surface area contributed by atoms with Crippen LogP contribution in [0.4, 0.5) is 5.69 Å². The zero-order chi connectivity index (χ0) is 23.8. The second-order valence-electron chi connectivity index (χ2n) is 8.17. The van der Waals surface area contributed by atoms with E-state index in [-0.39, 0.29) is 17.9 Å². The molecule has 168 valence electrons. The number of hydrogen-bond donors (Lipinski definition) is 3. The van der Waals surface area contributed by atoms with E-state index >= 15 is 0 Å². The number of carboxylic acids is 1. The molecule has 8 nitrogen and oxygen atoms in total. The number of carboxylic acid groups (broad SMARTS) is 1. The van der Waals surface area contributed by atoms with Crippen molar-refractivity contribution in [3.05, 3.63) is 93.4 Å². The molecule has 0 saturated carbocycles. The number of phenolic OH excluding ortho intramolecular Hbond substituents is 1. The molecule has 1 atom stereocenters. The second kappa shape index (κ2) is 8.38. The minimum Gasteiger partial charge on any atom is -0.507 e.